The summed E-state index contributed by atoms with van der Waals surface area (Å²) in [7, 11) is 0. The molecule has 1 rings (SSSR count). The molecule has 1 aromatic carbocycles. The Bertz CT molecular complexity index is 307. The second kappa shape index (κ2) is 4.77. The standard InChI is InChI=1S/C11H14IN/c1-3-4-11(13)10-6-5-9(12)7-8(10)2/h3,5-7,11H,1,4,13H2,2H3. The molecule has 0 amide bonds. The van der Waals surface area contributed by atoms with Crippen LogP contribution in [0.25, 0.3) is 0 Å². The van der Waals surface area contributed by atoms with Crippen LogP contribution in [0.5, 0.6) is 0 Å². The summed E-state index contributed by atoms with van der Waals surface area (Å²) in [5.41, 5.74) is 8.47. The van der Waals surface area contributed by atoms with E-state index in [4.69, 9.17) is 5.73 Å². The van der Waals surface area contributed by atoms with E-state index < -0.39 is 0 Å². The van der Waals surface area contributed by atoms with Crippen molar-refractivity contribution < 1.29 is 0 Å². The molecule has 1 aromatic rings. The van der Waals surface area contributed by atoms with Crippen LogP contribution < -0.4 is 5.73 Å². The van der Waals surface area contributed by atoms with Crippen molar-refractivity contribution in [2.75, 3.05) is 0 Å². The van der Waals surface area contributed by atoms with Crippen LogP contribution in [-0.2, 0) is 0 Å². The Kier molecular flexibility index (Phi) is 3.93. The molecule has 0 aliphatic carbocycles. The molecule has 0 bridgehead atoms. The van der Waals surface area contributed by atoms with Crippen molar-refractivity contribution >= 4 is 22.6 Å². The van der Waals surface area contributed by atoms with E-state index >= 15 is 0 Å². The van der Waals surface area contributed by atoms with Crippen molar-refractivity contribution in [1.82, 2.24) is 0 Å². The molecular weight excluding hydrogens is 273 g/mol. The van der Waals surface area contributed by atoms with Crippen molar-refractivity contribution in [3.05, 3.63) is 45.6 Å². The van der Waals surface area contributed by atoms with Crippen molar-refractivity contribution in [3.63, 3.8) is 0 Å². The van der Waals surface area contributed by atoms with E-state index in [9.17, 15) is 0 Å². The normalized spacial score (nSPS) is 12.5. The highest BCUT2D eigenvalue weighted by Crippen LogP contribution is 2.20. The predicted molar refractivity (Wildman–Crippen MR) is 65.6 cm³/mol. The van der Waals surface area contributed by atoms with Gasteiger partial charge in [0.2, 0.25) is 0 Å². The van der Waals surface area contributed by atoms with E-state index in [2.05, 4.69) is 54.3 Å². The van der Waals surface area contributed by atoms with Gasteiger partial charge < -0.3 is 5.73 Å². The zero-order valence-corrected chi connectivity index (χ0v) is 9.91. The van der Waals surface area contributed by atoms with Gasteiger partial charge in [-0.3, -0.25) is 0 Å². The number of benzene rings is 1. The fourth-order valence-corrected chi connectivity index (χ4v) is 2.01. The molecule has 0 aromatic heterocycles. The summed E-state index contributed by atoms with van der Waals surface area (Å²) in [5.74, 6) is 0. The summed E-state index contributed by atoms with van der Waals surface area (Å²) in [6, 6.07) is 6.44. The number of halogens is 1. The Balaban J connectivity index is 2.94. The van der Waals surface area contributed by atoms with Crippen LogP contribution in [0.3, 0.4) is 0 Å². The van der Waals surface area contributed by atoms with Crippen molar-refractivity contribution in [2.24, 2.45) is 5.73 Å². The van der Waals surface area contributed by atoms with Gasteiger partial charge in [0, 0.05) is 9.61 Å². The Morgan fingerprint density at radius 1 is 1.62 bits per heavy atom. The van der Waals surface area contributed by atoms with Gasteiger partial charge in [0.25, 0.3) is 0 Å². The topological polar surface area (TPSA) is 26.0 Å². The summed E-state index contributed by atoms with van der Waals surface area (Å²) < 4.78 is 1.25. The third kappa shape index (κ3) is 2.81. The molecule has 0 radical (unpaired) electrons. The predicted octanol–water partition coefficient (Wildman–Crippen LogP) is 3.18. The smallest absolute Gasteiger partial charge is 0.0332 e. The number of rotatable bonds is 3. The molecule has 2 heteroatoms. The maximum Gasteiger partial charge on any atom is 0.0332 e. The molecule has 1 atom stereocenters. The molecule has 0 aliphatic heterocycles. The average Bonchev–Trinajstić information content (AvgIpc) is 2.04. The van der Waals surface area contributed by atoms with Crippen LogP contribution in [0.4, 0.5) is 0 Å². The molecule has 2 N–H and O–H groups in total. The molecule has 0 fully saturated rings. The molecule has 70 valence electrons. The van der Waals surface area contributed by atoms with Crippen molar-refractivity contribution in [1.29, 1.82) is 0 Å². The first-order valence-corrected chi connectivity index (χ1v) is 5.35. The molecule has 1 nitrogen and oxygen atoms in total. The highest BCUT2D eigenvalue weighted by molar-refractivity contribution is 14.1. The SMILES string of the molecule is C=CCC(N)c1ccc(I)cc1C. The molecule has 0 aliphatic rings. The van der Waals surface area contributed by atoms with Crippen molar-refractivity contribution in [2.45, 2.75) is 19.4 Å². The second-order valence-electron chi connectivity index (χ2n) is 3.13. The first kappa shape index (κ1) is 10.7. The van der Waals surface area contributed by atoms with Gasteiger partial charge >= 0.3 is 0 Å². The van der Waals surface area contributed by atoms with Gasteiger partial charge in [-0.25, -0.2) is 0 Å². The minimum Gasteiger partial charge on any atom is -0.324 e. The number of nitrogens with two attached hydrogens (primary N) is 1. The van der Waals surface area contributed by atoms with Crippen LogP contribution in [-0.4, -0.2) is 0 Å². The highest BCUT2D eigenvalue weighted by Gasteiger charge is 2.06. The Morgan fingerprint density at radius 3 is 2.85 bits per heavy atom. The summed E-state index contributed by atoms with van der Waals surface area (Å²) in [6.45, 7) is 5.79. The number of hydrogen-bond acceptors (Lipinski definition) is 1. The fourth-order valence-electron chi connectivity index (χ4n) is 1.36. The third-order valence-electron chi connectivity index (χ3n) is 2.05. The maximum atomic E-state index is 5.98. The average molecular weight is 287 g/mol. The molecule has 0 spiro atoms. The summed E-state index contributed by atoms with van der Waals surface area (Å²) in [6.07, 6.45) is 2.70. The molecule has 0 heterocycles. The maximum absolute atomic E-state index is 5.98. The molecule has 0 saturated carbocycles. The lowest BCUT2D eigenvalue weighted by Gasteiger charge is -2.12. The van der Waals surface area contributed by atoms with Gasteiger partial charge in [-0.2, -0.15) is 0 Å². The zero-order valence-electron chi connectivity index (χ0n) is 7.76. The Hall–Kier alpha value is -0.350. The molecule has 0 saturated heterocycles. The fraction of sp³-hybridized carbons (Fsp3) is 0.273. The summed E-state index contributed by atoms with van der Waals surface area (Å²) >= 11 is 2.31. The summed E-state index contributed by atoms with van der Waals surface area (Å²) in [5, 5.41) is 0. The van der Waals surface area contributed by atoms with E-state index in [1.165, 1.54) is 14.7 Å². The van der Waals surface area contributed by atoms with Crippen LogP contribution in [0.15, 0.2) is 30.9 Å². The van der Waals surface area contributed by atoms with E-state index in [1.54, 1.807) is 0 Å². The zero-order chi connectivity index (χ0) is 9.84. The van der Waals surface area contributed by atoms with Crippen LogP contribution in [0.1, 0.15) is 23.6 Å². The first-order valence-electron chi connectivity index (χ1n) is 4.27. The highest BCUT2D eigenvalue weighted by atomic mass is 127. The van der Waals surface area contributed by atoms with Crippen LogP contribution >= 0.6 is 22.6 Å². The van der Waals surface area contributed by atoms with Gasteiger partial charge in [0.15, 0.2) is 0 Å². The van der Waals surface area contributed by atoms with Gasteiger partial charge in [-0.1, -0.05) is 12.1 Å². The van der Waals surface area contributed by atoms with Crippen LogP contribution in [0.2, 0.25) is 0 Å². The van der Waals surface area contributed by atoms with Gasteiger partial charge in [-0.15, -0.1) is 6.58 Å². The van der Waals surface area contributed by atoms with Gasteiger partial charge in [-0.05, 0) is 59.2 Å². The van der Waals surface area contributed by atoms with E-state index in [-0.39, 0.29) is 6.04 Å². The second-order valence-corrected chi connectivity index (χ2v) is 4.38. The summed E-state index contributed by atoms with van der Waals surface area (Å²) in [4.78, 5) is 0. The van der Waals surface area contributed by atoms with E-state index in [0.29, 0.717) is 0 Å². The molecular formula is C11H14IN. The molecule has 1 unspecified atom stereocenters. The van der Waals surface area contributed by atoms with Gasteiger partial charge in [0.05, 0.1) is 0 Å². The Labute approximate surface area is 93.2 Å². The lowest BCUT2D eigenvalue weighted by atomic mass is 10.00. The lowest BCUT2D eigenvalue weighted by Crippen LogP contribution is -2.10. The van der Waals surface area contributed by atoms with Crippen LogP contribution in [0, 0.1) is 10.5 Å². The van der Waals surface area contributed by atoms with E-state index in [1.807, 2.05) is 6.08 Å². The number of hydrogen-bond donors (Lipinski definition) is 1. The first-order chi connectivity index (χ1) is 6.15. The largest absolute Gasteiger partial charge is 0.324 e. The third-order valence-corrected chi connectivity index (χ3v) is 2.72. The van der Waals surface area contributed by atoms with E-state index in [0.717, 1.165) is 6.42 Å². The quantitative estimate of drug-likeness (QED) is 0.670. The Morgan fingerprint density at radius 2 is 2.31 bits per heavy atom. The molecule has 13 heavy (non-hydrogen) atoms. The minimum atomic E-state index is 0.0921. The van der Waals surface area contributed by atoms with Gasteiger partial charge in [0.1, 0.15) is 0 Å². The monoisotopic (exact) mass is 287 g/mol. The lowest BCUT2D eigenvalue weighted by molar-refractivity contribution is 0.736. The van der Waals surface area contributed by atoms with Crippen molar-refractivity contribution in [3.8, 4) is 0 Å². The number of aryl methyl sites for hydroxylation is 1. The minimum absolute atomic E-state index is 0.0921.